The molecule has 1 saturated carbocycles. The van der Waals surface area contributed by atoms with Crippen molar-refractivity contribution in [2.75, 3.05) is 32.1 Å². The summed E-state index contributed by atoms with van der Waals surface area (Å²) >= 11 is 0. The van der Waals surface area contributed by atoms with Crippen LogP contribution in [0.4, 0.5) is 0 Å². The van der Waals surface area contributed by atoms with Gasteiger partial charge in [0.25, 0.3) is 0 Å². The largest absolute Gasteiger partial charge is 0.381 e. The molecule has 1 aliphatic rings. The Morgan fingerprint density at radius 2 is 2.00 bits per heavy atom. The molecule has 0 bridgehead atoms. The smallest absolute Gasteiger partial charge is 0.212 e. The standard InChI is InChI=1S/C12H26N2O3S/c1-11(2)13-7-9-18(15,16)14-6-3-8-17-10-12-4-5-12/h11-14H,3-10H2,1-2H3. The molecule has 5 nitrogen and oxygen atoms in total. The molecular formula is C12H26N2O3S. The molecule has 0 spiro atoms. The van der Waals surface area contributed by atoms with Crippen LogP contribution in [0.3, 0.4) is 0 Å². The lowest BCUT2D eigenvalue weighted by Gasteiger charge is -2.09. The highest BCUT2D eigenvalue weighted by Crippen LogP contribution is 2.28. The second-order valence-electron chi connectivity index (χ2n) is 5.19. The van der Waals surface area contributed by atoms with Gasteiger partial charge in [0.05, 0.1) is 5.75 Å². The monoisotopic (exact) mass is 278 g/mol. The highest BCUT2D eigenvalue weighted by molar-refractivity contribution is 7.89. The van der Waals surface area contributed by atoms with E-state index >= 15 is 0 Å². The van der Waals surface area contributed by atoms with E-state index in [2.05, 4.69) is 10.0 Å². The third-order valence-corrected chi connectivity index (χ3v) is 4.15. The molecule has 2 N–H and O–H groups in total. The third kappa shape index (κ3) is 8.85. The van der Waals surface area contributed by atoms with E-state index < -0.39 is 10.0 Å². The van der Waals surface area contributed by atoms with Gasteiger partial charge in [0.15, 0.2) is 0 Å². The van der Waals surface area contributed by atoms with Crippen LogP contribution in [0, 0.1) is 5.92 Å². The summed E-state index contributed by atoms with van der Waals surface area (Å²) in [5.41, 5.74) is 0. The Balaban J connectivity index is 1.94. The Morgan fingerprint density at radius 3 is 2.61 bits per heavy atom. The number of hydrogen-bond donors (Lipinski definition) is 2. The summed E-state index contributed by atoms with van der Waals surface area (Å²) in [5, 5.41) is 3.09. The molecule has 0 aromatic carbocycles. The van der Waals surface area contributed by atoms with Gasteiger partial charge in [-0.15, -0.1) is 0 Å². The maximum absolute atomic E-state index is 11.6. The number of hydrogen-bond acceptors (Lipinski definition) is 4. The lowest BCUT2D eigenvalue weighted by Crippen LogP contribution is -2.35. The summed E-state index contributed by atoms with van der Waals surface area (Å²) in [6.07, 6.45) is 3.31. The minimum atomic E-state index is -3.14. The van der Waals surface area contributed by atoms with Crippen LogP contribution in [-0.4, -0.2) is 46.5 Å². The summed E-state index contributed by atoms with van der Waals surface area (Å²) in [6, 6.07) is 0.316. The summed E-state index contributed by atoms with van der Waals surface area (Å²) in [7, 11) is -3.14. The molecule has 0 amide bonds. The fourth-order valence-electron chi connectivity index (χ4n) is 1.49. The molecule has 0 saturated heterocycles. The summed E-state index contributed by atoms with van der Waals surface area (Å²) in [5.74, 6) is 0.900. The van der Waals surface area contributed by atoms with Gasteiger partial charge in [0.2, 0.25) is 10.0 Å². The molecule has 18 heavy (non-hydrogen) atoms. The second kappa shape index (κ2) is 8.09. The van der Waals surface area contributed by atoms with Gasteiger partial charge < -0.3 is 10.1 Å². The van der Waals surface area contributed by atoms with Crippen LogP contribution in [0.15, 0.2) is 0 Å². The van der Waals surface area contributed by atoms with Gasteiger partial charge in [-0.25, -0.2) is 13.1 Å². The number of nitrogens with one attached hydrogen (secondary N) is 2. The topological polar surface area (TPSA) is 67.4 Å². The van der Waals surface area contributed by atoms with Gasteiger partial charge in [-0.05, 0) is 25.2 Å². The van der Waals surface area contributed by atoms with Crippen molar-refractivity contribution in [3.63, 3.8) is 0 Å². The van der Waals surface area contributed by atoms with Crippen molar-refractivity contribution >= 4 is 10.0 Å². The van der Waals surface area contributed by atoms with Crippen molar-refractivity contribution in [2.45, 2.75) is 39.2 Å². The summed E-state index contributed by atoms with van der Waals surface area (Å²) < 4.78 is 31.2. The number of ether oxygens (including phenoxy) is 1. The van der Waals surface area contributed by atoms with Gasteiger partial charge in [0.1, 0.15) is 0 Å². The molecule has 108 valence electrons. The molecular weight excluding hydrogens is 252 g/mol. The predicted molar refractivity (Wildman–Crippen MR) is 73.1 cm³/mol. The lowest BCUT2D eigenvalue weighted by molar-refractivity contribution is 0.123. The van der Waals surface area contributed by atoms with Crippen LogP contribution < -0.4 is 10.0 Å². The van der Waals surface area contributed by atoms with Gasteiger partial charge in [-0.3, -0.25) is 0 Å². The first-order chi connectivity index (χ1) is 8.49. The molecule has 1 aliphatic carbocycles. The van der Waals surface area contributed by atoms with Crippen molar-refractivity contribution in [1.82, 2.24) is 10.0 Å². The van der Waals surface area contributed by atoms with Crippen LogP contribution in [0.25, 0.3) is 0 Å². The van der Waals surface area contributed by atoms with E-state index in [0.29, 0.717) is 25.7 Å². The van der Waals surface area contributed by atoms with Crippen molar-refractivity contribution in [2.24, 2.45) is 5.92 Å². The number of rotatable bonds is 11. The first-order valence-electron chi connectivity index (χ1n) is 6.78. The second-order valence-corrected chi connectivity index (χ2v) is 7.12. The maximum Gasteiger partial charge on any atom is 0.212 e. The van der Waals surface area contributed by atoms with Crippen LogP contribution in [0.1, 0.15) is 33.1 Å². The van der Waals surface area contributed by atoms with E-state index in [4.69, 9.17) is 4.74 Å². The van der Waals surface area contributed by atoms with Gasteiger partial charge in [-0.1, -0.05) is 13.8 Å². The first kappa shape index (κ1) is 15.9. The Labute approximate surface area is 111 Å². The van der Waals surface area contributed by atoms with Crippen LogP contribution in [-0.2, 0) is 14.8 Å². The van der Waals surface area contributed by atoms with Crippen molar-refractivity contribution in [1.29, 1.82) is 0 Å². The Morgan fingerprint density at radius 1 is 1.28 bits per heavy atom. The zero-order valence-corrected chi connectivity index (χ0v) is 12.3. The average molecular weight is 278 g/mol. The van der Waals surface area contributed by atoms with Crippen LogP contribution in [0.5, 0.6) is 0 Å². The number of sulfonamides is 1. The van der Waals surface area contributed by atoms with Gasteiger partial charge in [-0.2, -0.15) is 0 Å². The zero-order chi connectivity index (χ0) is 13.4. The molecule has 0 radical (unpaired) electrons. The van der Waals surface area contributed by atoms with E-state index in [9.17, 15) is 8.42 Å². The first-order valence-corrected chi connectivity index (χ1v) is 8.43. The molecule has 0 atom stereocenters. The average Bonchev–Trinajstić information content (AvgIpc) is 3.06. The SMILES string of the molecule is CC(C)NCCS(=O)(=O)NCCCOCC1CC1. The Hall–Kier alpha value is -0.170. The quantitative estimate of drug-likeness (QED) is 0.547. The highest BCUT2D eigenvalue weighted by Gasteiger charge is 2.20. The van der Waals surface area contributed by atoms with E-state index in [1.54, 1.807) is 0 Å². The fraction of sp³-hybridized carbons (Fsp3) is 1.00. The minimum absolute atomic E-state index is 0.133. The van der Waals surface area contributed by atoms with E-state index in [1.165, 1.54) is 12.8 Å². The molecule has 6 heteroatoms. The molecule has 0 heterocycles. The predicted octanol–water partition coefficient (Wildman–Crippen LogP) is 0.721. The van der Waals surface area contributed by atoms with Crippen molar-refractivity contribution < 1.29 is 13.2 Å². The lowest BCUT2D eigenvalue weighted by atomic mass is 10.4. The van der Waals surface area contributed by atoms with Crippen molar-refractivity contribution in [3.05, 3.63) is 0 Å². The highest BCUT2D eigenvalue weighted by atomic mass is 32.2. The fourth-order valence-corrected chi connectivity index (χ4v) is 2.48. The zero-order valence-electron chi connectivity index (χ0n) is 11.4. The Bertz CT molecular complexity index is 313. The Kier molecular flexibility index (Phi) is 7.14. The van der Waals surface area contributed by atoms with Crippen LogP contribution in [0.2, 0.25) is 0 Å². The van der Waals surface area contributed by atoms with Crippen molar-refractivity contribution in [3.8, 4) is 0 Å². The van der Waals surface area contributed by atoms with Gasteiger partial charge in [0, 0.05) is 32.3 Å². The molecule has 0 unspecified atom stereocenters. The molecule has 1 fully saturated rings. The molecule has 0 aliphatic heterocycles. The van der Waals surface area contributed by atoms with E-state index in [1.807, 2.05) is 13.8 Å². The van der Waals surface area contributed by atoms with Gasteiger partial charge >= 0.3 is 0 Å². The summed E-state index contributed by atoms with van der Waals surface area (Å²) in [6.45, 7) is 6.43. The summed E-state index contributed by atoms with van der Waals surface area (Å²) in [4.78, 5) is 0. The van der Waals surface area contributed by atoms with Crippen LogP contribution >= 0.6 is 0 Å². The normalized spacial score (nSPS) is 16.4. The molecule has 1 rings (SSSR count). The molecule has 0 aromatic rings. The van der Waals surface area contributed by atoms with E-state index in [0.717, 1.165) is 18.9 Å². The third-order valence-electron chi connectivity index (χ3n) is 2.76. The molecule has 0 aromatic heterocycles. The minimum Gasteiger partial charge on any atom is -0.381 e. The maximum atomic E-state index is 11.6. The van der Waals surface area contributed by atoms with E-state index in [-0.39, 0.29) is 5.75 Å².